The van der Waals surface area contributed by atoms with Crippen LogP contribution in [0.4, 0.5) is 0 Å². The zero-order valence-corrected chi connectivity index (χ0v) is 22.7. The molecule has 4 heteroatoms. The van der Waals surface area contributed by atoms with Crippen molar-refractivity contribution >= 4 is 11.8 Å². The van der Waals surface area contributed by atoms with Crippen molar-refractivity contribution in [3.05, 3.63) is 24.6 Å². The van der Waals surface area contributed by atoms with Crippen molar-refractivity contribution in [2.24, 2.45) is 0 Å². The molecule has 0 aromatic carbocycles. The SMILES string of the molecule is CCCCCCCCCC/C=C/NC(=O)CCCCC(=O)N/C=C/CCCCCCCCCC. The average Bonchev–Trinajstić information content (AvgIpc) is 2.83. The van der Waals surface area contributed by atoms with E-state index in [0.29, 0.717) is 12.8 Å². The molecule has 0 spiro atoms. The summed E-state index contributed by atoms with van der Waals surface area (Å²) in [7, 11) is 0. The average molecular weight is 477 g/mol. The molecule has 0 aromatic rings. The fourth-order valence-electron chi connectivity index (χ4n) is 3.98. The lowest BCUT2D eigenvalue weighted by Crippen LogP contribution is -2.18. The van der Waals surface area contributed by atoms with Crippen LogP contribution in [-0.2, 0) is 9.59 Å². The second kappa shape index (κ2) is 27.7. The third kappa shape index (κ3) is 26.7. The summed E-state index contributed by atoms with van der Waals surface area (Å²) in [6.07, 6.45) is 33.4. The molecule has 0 aromatic heterocycles. The van der Waals surface area contributed by atoms with Crippen LogP contribution in [0.5, 0.6) is 0 Å². The number of carbonyl (C=O) groups excluding carboxylic acids is 2. The van der Waals surface area contributed by atoms with Crippen molar-refractivity contribution in [3.63, 3.8) is 0 Å². The predicted molar refractivity (Wildman–Crippen MR) is 147 cm³/mol. The second-order valence-corrected chi connectivity index (χ2v) is 9.67. The summed E-state index contributed by atoms with van der Waals surface area (Å²) in [4.78, 5) is 23.7. The largest absolute Gasteiger partial charge is 0.333 e. The first-order valence-electron chi connectivity index (χ1n) is 14.6. The Balaban J connectivity index is 3.43. The highest BCUT2D eigenvalue weighted by Gasteiger charge is 2.02. The van der Waals surface area contributed by atoms with Gasteiger partial charge in [0, 0.05) is 12.8 Å². The highest BCUT2D eigenvalue weighted by Crippen LogP contribution is 2.10. The van der Waals surface area contributed by atoms with E-state index >= 15 is 0 Å². The number of hydrogen-bond donors (Lipinski definition) is 2. The van der Waals surface area contributed by atoms with Crippen LogP contribution in [0.2, 0.25) is 0 Å². The molecule has 0 saturated carbocycles. The first-order valence-corrected chi connectivity index (χ1v) is 14.6. The molecule has 0 bridgehead atoms. The minimum atomic E-state index is 0.0397. The van der Waals surface area contributed by atoms with Crippen molar-refractivity contribution in [1.29, 1.82) is 0 Å². The van der Waals surface area contributed by atoms with E-state index in [1.54, 1.807) is 12.4 Å². The van der Waals surface area contributed by atoms with E-state index in [-0.39, 0.29) is 11.8 Å². The van der Waals surface area contributed by atoms with Crippen LogP contribution in [0, 0.1) is 0 Å². The fourth-order valence-corrected chi connectivity index (χ4v) is 3.98. The monoisotopic (exact) mass is 476 g/mol. The lowest BCUT2D eigenvalue weighted by molar-refractivity contribution is -0.122. The maximum atomic E-state index is 11.9. The van der Waals surface area contributed by atoms with E-state index in [0.717, 1.165) is 25.7 Å². The summed E-state index contributed by atoms with van der Waals surface area (Å²) in [5.41, 5.74) is 0. The molecule has 0 saturated heterocycles. The first kappa shape index (κ1) is 32.4. The van der Waals surface area contributed by atoms with Crippen molar-refractivity contribution in [2.45, 2.75) is 155 Å². The fraction of sp³-hybridized carbons (Fsp3) is 0.800. The van der Waals surface area contributed by atoms with Crippen LogP contribution in [0.3, 0.4) is 0 Å². The Bertz CT molecular complexity index is 468. The Labute approximate surface area is 211 Å². The lowest BCUT2D eigenvalue weighted by atomic mass is 10.1. The molecule has 0 atom stereocenters. The van der Waals surface area contributed by atoms with Gasteiger partial charge in [-0.25, -0.2) is 0 Å². The van der Waals surface area contributed by atoms with E-state index in [1.165, 1.54) is 103 Å². The number of hydrogen-bond acceptors (Lipinski definition) is 2. The van der Waals surface area contributed by atoms with Gasteiger partial charge in [0.15, 0.2) is 0 Å². The summed E-state index contributed by atoms with van der Waals surface area (Å²) in [6, 6.07) is 0. The summed E-state index contributed by atoms with van der Waals surface area (Å²) < 4.78 is 0. The van der Waals surface area contributed by atoms with Crippen LogP contribution in [-0.4, -0.2) is 11.8 Å². The topological polar surface area (TPSA) is 58.2 Å². The van der Waals surface area contributed by atoms with Crippen LogP contribution in [0.1, 0.15) is 155 Å². The summed E-state index contributed by atoms with van der Waals surface area (Å²) >= 11 is 0. The summed E-state index contributed by atoms with van der Waals surface area (Å²) in [5.74, 6) is 0.0793. The molecule has 34 heavy (non-hydrogen) atoms. The zero-order valence-electron chi connectivity index (χ0n) is 22.7. The van der Waals surface area contributed by atoms with Gasteiger partial charge in [-0.1, -0.05) is 116 Å². The highest BCUT2D eigenvalue weighted by atomic mass is 16.2. The maximum absolute atomic E-state index is 11.9. The molecule has 0 aliphatic rings. The number of allylic oxidation sites excluding steroid dienone is 2. The molecule has 0 radical (unpaired) electrons. The summed E-state index contributed by atoms with van der Waals surface area (Å²) in [6.45, 7) is 4.50. The number of amides is 2. The van der Waals surface area contributed by atoms with Gasteiger partial charge in [-0.05, 0) is 50.9 Å². The molecule has 198 valence electrons. The van der Waals surface area contributed by atoms with E-state index in [4.69, 9.17) is 0 Å². The zero-order chi connectivity index (χ0) is 25.0. The Morgan fingerprint density at radius 2 is 0.794 bits per heavy atom. The summed E-state index contributed by atoms with van der Waals surface area (Å²) in [5, 5.41) is 5.68. The van der Waals surface area contributed by atoms with Crippen molar-refractivity contribution in [3.8, 4) is 0 Å². The molecule has 0 unspecified atom stereocenters. The van der Waals surface area contributed by atoms with Gasteiger partial charge in [0.1, 0.15) is 0 Å². The normalized spacial score (nSPS) is 11.5. The standard InChI is InChI=1S/C30H56N2O2/c1-3-5-7-9-11-13-15-17-19-23-27-31-29(33)25-21-22-26-30(34)32-28-24-20-18-16-14-12-10-8-6-4-2/h23-24,27-28H,3-22,25-26H2,1-2H3,(H,31,33)(H,32,34)/b27-23+,28-24+. The van der Waals surface area contributed by atoms with Gasteiger partial charge in [-0.3, -0.25) is 9.59 Å². The van der Waals surface area contributed by atoms with E-state index in [9.17, 15) is 9.59 Å². The number of nitrogens with one attached hydrogen (secondary N) is 2. The molecule has 0 rings (SSSR count). The van der Waals surface area contributed by atoms with Crippen LogP contribution in [0.25, 0.3) is 0 Å². The van der Waals surface area contributed by atoms with Crippen LogP contribution in [0.15, 0.2) is 24.6 Å². The smallest absolute Gasteiger partial charge is 0.223 e. The molecular formula is C30H56N2O2. The number of rotatable bonds is 25. The second-order valence-electron chi connectivity index (χ2n) is 9.67. The van der Waals surface area contributed by atoms with Gasteiger partial charge in [0.05, 0.1) is 0 Å². The first-order chi connectivity index (χ1) is 16.7. The maximum Gasteiger partial charge on any atom is 0.223 e. The molecule has 2 amide bonds. The Morgan fingerprint density at radius 3 is 1.15 bits per heavy atom. The molecule has 0 fully saturated rings. The van der Waals surface area contributed by atoms with Gasteiger partial charge in [0.25, 0.3) is 0 Å². The number of unbranched alkanes of at least 4 members (excludes halogenated alkanes) is 17. The predicted octanol–water partition coefficient (Wildman–Crippen LogP) is 8.87. The van der Waals surface area contributed by atoms with Crippen molar-refractivity contribution < 1.29 is 9.59 Å². The minimum Gasteiger partial charge on any atom is -0.333 e. The third-order valence-corrected chi connectivity index (χ3v) is 6.23. The highest BCUT2D eigenvalue weighted by molar-refractivity contribution is 5.78. The van der Waals surface area contributed by atoms with E-state index < -0.39 is 0 Å². The van der Waals surface area contributed by atoms with E-state index in [1.807, 2.05) is 0 Å². The van der Waals surface area contributed by atoms with Gasteiger partial charge >= 0.3 is 0 Å². The van der Waals surface area contributed by atoms with Crippen LogP contribution >= 0.6 is 0 Å². The van der Waals surface area contributed by atoms with Gasteiger partial charge in [-0.2, -0.15) is 0 Å². The quantitative estimate of drug-likeness (QED) is 0.129. The molecular weight excluding hydrogens is 420 g/mol. The van der Waals surface area contributed by atoms with Crippen LogP contribution < -0.4 is 10.6 Å². The molecule has 4 nitrogen and oxygen atoms in total. The van der Waals surface area contributed by atoms with Gasteiger partial charge in [-0.15, -0.1) is 0 Å². The van der Waals surface area contributed by atoms with E-state index in [2.05, 4.69) is 36.6 Å². The molecule has 0 aliphatic carbocycles. The minimum absolute atomic E-state index is 0.0397. The number of carbonyl (C=O) groups is 2. The molecule has 0 aliphatic heterocycles. The molecule has 2 N–H and O–H groups in total. The van der Waals surface area contributed by atoms with Crippen molar-refractivity contribution in [2.75, 3.05) is 0 Å². The third-order valence-electron chi connectivity index (χ3n) is 6.23. The van der Waals surface area contributed by atoms with Gasteiger partial charge < -0.3 is 10.6 Å². The lowest BCUT2D eigenvalue weighted by Gasteiger charge is -2.02. The Kier molecular flexibility index (Phi) is 26.4. The molecule has 0 heterocycles. The van der Waals surface area contributed by atoms with Crippen molar-refractivity contribution in [1.82, 2.24) is 10.6 Å². The Hall–Kier alpha value is -1.58. The van der Waals surface area contributed by atoms with Gasteiger partial charge in [0.2, 0.25) is 11.8 Å². The Morgan fingerprint density at radius 1 is 0.471 bits per heavy atom.